The summed E-state index contributed by atoms with van der Waals surface area (Å²) in [5.74, 6) is 0.168. The van der Waals surface area contributed by atoms with Crippen LogP contribution in [0.5, 0.6) is 17.2 Å². The van der Waals surface area contributed by atoms with Gasteiger partial charge in [-0.3, -0.25) is 4.79 Å². The number of carbonyl (C=O) groups excluding carboxylic acids is 1. The molecular weight excluding hydrogens is 354 g/mol. The number of hydrogen-bond donors (Lipinski definition) is 1. The number of allylic oxidation sites excluding steroid dienone is 1. The zero-order chi connectivity index (χ0) is 19.3. The fraction of sp³-hybridized carbons (Fsp3) is 0.250. The van der Waals surface area contributed by atoms with Crippen LogP contribution in [0.25, 0.3) is 6.08 Å². The first kappa shape index (κ1) is 19.8. The van der Waals surface area contributed by atoms with Gasteiger partial charge in [-0.15, -0.1) is 0 Å². The summed E-state index contributed by atoms with van der Waals surface area (Å²) in [5, 5.41) is 11.3. The molecule has 0 atom stereocenters. The predicted molar refractivity (Wildman–Crippen MR) is 103 cm³/mol. The Balaban J connectivity index is 2.49. The minimum atomic E-state index is -0.387. The number of rotatable bonds is 7. The Hall–Kier alpha value is -2.50. The first-order valence-corrected chi connectivity index (χ1v) is 8.35. The van der Waals surface area contributed by atoms with E-state index in [0.29, 0.717) is 28.4 Å². The zero-order valence-electron chi connectivity index (χ0n) is 15.2. The number of ether oxygens (including phenoxy) is 2. The van der Waals surface area contributed by atoms with Crippen molar-refractivity contribution in [2.45, 2.75) is 6.54 Å². The number of ketones is 1. The van der Waals surface area contributed by atoms with E-state index in [4.69, 9.17) is 21.1 Å². The van der Waals surface area contributed by atoms with Crippen molar-refractivity contribution in [3.05, 3.63) is 58.1 Å². The maximum atomic E-state index is 12.7. The van der Waals surface area contributed by atoms with Crippen LogP contribution in [0.1, 0.15) is 21.5 Å². The SMILES string of the molecule is COc1cc(OC)c(C(=O)/C=C/c2ccccc2Cl)c(O)c1CN(C)C. The van der Waals surface area contributed by atoms with Gasteiger partial charge in [0.15, 0.2) is 5.78 Å². The molecule has 0 amide bonds. The Kier molecular flexibility index (Phi) is 6.66. The number of nitrogens with zero attached hydrogens (tertiary/aromatic N) is 1. The summed E-state index contributed by atoms with van der Waals surface area (Å²) < 4.78 is 10.6. The highest BCUT2D eigenvalue weighted by Crippen LogP contribution is 2.39. The highest BCUT2D eigenvalue weighted by Gasteiger charge is 2.23. The summed E-state index contributed by atoms with van der Waals surface area (Å²) >= 11 is 6.11. The van der Waals surface area contributed by atoms with Crippen molar-refractivity contribution in [3.63, 3.8) is 0 Å². The molecule has 0 unspecified atom stereocenters. The molecule has 0 spiro atoms. The lowest BCUT2D eigenvalue weighted by atomic mass is 10.0. The molecule has 5 nitrogen and oxygen atoms in total. The molecule has 0 fully saturated rings. The molecule has 6 heteroatoms. The maximum Gasteiger partial charge on any atom is 0.193 e. The number of hydrogen-bond acceptors (Lipinski definition) is 5. The van der Waals surface area contributed by atoms with E-state index in [9.17, 15) is 9.90 Å². The summed E-state index contributed by atoms with van der Waals surface area (Å²) in [7, 11) is 6.67. The second-order valence-electron chi connectivity index (χ2n) is 5.94. The largest absolute Gasteiger partial charge is 0.507 e. The molecule has 0 bridgehead atoms. The fourth-order valence-corrected chi connectivity index (χ4v) is 2.77. The lowest BCUT2D eigenvalue weighted by Gasteiger charge is -2.18. The molecule has 0 saturated heterocycles. The van der Waals surface area contributed by atoms with E-state index in [1.165, 1.54) is 20.3 Å². The van der Waals surface area contributed by atoms with Crippen LogP contribution in [0, 0.1) is 0 Å². The van der Waals surface area contributed by atoms with Crippen molar-refractivity contribution in [1.29, 1.82) is 0 Å². The molecule has 0 aromatic heterocycles. The zero-order valence-corrected chi connectivity index (χ0v) is 16.0. The van der Waals surface area contributed by atoms with Gasteiger partial charge in [-0.05, 0) is 37.9 Å². The lowest BCUT2D eigenvalue weighted by molar-refractivity contribution is 0.104. The van der Waals surface area contributed by atoms with Gasteiger partial charge in [-0.1, -0.05) is 29.8 Å². The van der Waals surface area contributed by atoms with Crippen molar-refractivity contribution in [3.8, 4) is 17.2 Å². The minimum Gasteiger partial charge on any atom is -0.507 e. The first-order chi connectivity index (χ1) is 12.4. The molecule has 2 aromatic carbocycles. The third-order valence-electron chi connectivity index (χ3n) is 3.81. The van der Waals surface area contributed by atoms with Crippen molar-refractivity contribution >= 4 is 23.5 Å². The van der Waals surface area contributed by atoms with Crippen LogP contribution in [-0.4, -0.2) is 44.1 Å². The van der Waals surface area contributed by atoms with Crippen molar-refractivity contribution in [1.82, 2.24) is 4.90 Å². The summed E-state index contributed by atoms with van der Waals surface area (Å²) in [6, 6.07) is 8.79. The first-order valence-electron chi connectivity index (χ1n) is 7.97. The van der Waals surface area contributed by atoms with E-state index in [0.717, 1.165) is 0 Å². The monoisotopic (exact) mass is 375 g/mol. The van der Waals surface area contributed by atoms with E-state index in [2.05, 4.69) is 0 Å². The van der Waals surface area contributed by atoms with Crippen molar-refractivity contribution in [2.75, 3.05) is 28.3 Å². The molecule has 0 aliphatic heterocycles. The Bertz CT molecular complexity index is 831. The number of halogens is 1. The number of benzene rings is 2. The highest BCUT2D eigenvalue weighted by atomic mass is 35.5. The number of carbonyl (C=O) groups is 1. The molecule has 26 heavy (non-hydrogen) atoms. The summed E-state index contributed by atoms with van der Waals surface area (Å²) in [6.07, 6.45) is 2.98. The molecule has 0 heterocycles. The summed E-state index contributed by atoms with van der Waals surface area (Å²) in [4.78, 5) is 14.6. The number of aromatic hydroxyl groups is 1. The van der Waals surface area contributed by atoms with E-state index in [1.807, 2.05) is 31.1 Å². The van der Waals surface area contributed by atoms with Crippen molar-refractivity contribution in [2.24, 2.45) is 0 Å². The quantitative estimate of drug-likeness (QED) is 0.585. The van der Waals surface area contributed by atoms with E-state index in [1.54, 1.807) is 24.3 Å². The number of phenols is 1. The van der Waals surface area contributed by atoms with Crippen LogP contribution in [-0.2, 0) is 6.54 Å². The second kappa shape index (κ2) is 8.74. The van der Waals surface area contributed by atoms with Crippen LogP contribution < -0.4 is 9.47 Å². The lowest BCUT2D eigenvalue weighted by Crippen LogP contribution is -2.13. The van der Waals surface area contributed by atoms with Crippen LogP contribution in [0.4, 0.5) is 0 Å². The van der Waals surface area contributed by atoms with Gasteiger partial charge in [0.05, 0.1) is 19.8 Å². The molecule has 0 saturated carbocycles. The van der Waals surface area contributed by atoms with Crippen molar-refractivity contribution < 1.29 is 19.4 Å². The van der Waals surface area contributed by atoms with E-state index < -0.39 is 0 Å². The smallest absolute Gasteiger partial charge is 0.193 e. The molecule has 0 aliphatic rings. The number of methoxy groups -OCH3 is 2. The Morgan fingerprint density at radius 2 is 1.85 bits per heavy atom. The average Bonchev–Trinajstić information content (AvgIpc) is 2.61. The predicted octanol–water partition coefficient (Wildman–Crippen LogP) is 4.02. The standard InChI is InChI=1S/C20H22ClNO4/c1-22(2)12-14-17(25-3)11-18(26-4)19(20(14)24)16(23)10-9-13-7-5-6-8-15(13)21/h5-11,24H,12H2,1-4H3/b10-9+. The molecule has 138 valence electrons. The van der Waals surface area contributed by atoms with Gasteiger partial charge in [0, 0.05) is 17.6 Å². The van der Waals surface area contributed by atoms with E-state index >= 15 is 0 Å². The molecule has 2 rings (SSSR count). The second-order valence-corrected chi connectivity index (χ2v) is 6.35. The van der Waals surface area contributed by atoms with Gasteiger partial charge in [0.2, 0.25) is 0 Å². The average molecular weight is 376 g/mol. The molecule has 0 aliphatic carbocycles. The van der Waals surface area contributed by atoms with Gasteiger partial charge in [-0.2, -0.15) is 0 Å². The summed E-state index contributed by atoms with van der Waals surface area (Å²) in [5.41, 5.74) is 1.32. The van der Waals surface area contributed by atoms with Gasteiger partial charge in [-0.25, -0.2) is 0 Å². The third kappa shape index (κ3) is 4.36. The Labute approximate surface area is 158 Å². The molecule has 0 radical (unpaired) electrons. The van der Waals surface area contributed by atoms with Gasteiger partial charge in [0.1, 0.15) is 22.8 Å². The van der Waals surface area contributed by atoms with Gasteiger partial charge in [0.25, 0.3) is 0 Å². The van der Waals surface area contributed by atoms with Crippen LogP contribution in [0.2, 0.25) is 5.02 Å². The Morgan fingerprint density at radius 3 is 2.42 bits per heavy atom. The van der Waals surface area contributed by atoms with E-state index in [-0.39, 0.29) is 22.8 Å². The molecule has 1 N–H and O–H groups in total. The Morgan fingerprint density at radius 1 is 1.19 bits per heavy atom. The topological polar surface area (TPSA) is 59.0 Å². The normalized spacial score (nSPS) is 11.2. The highest BCUT2D eigenvalue weighted by molar-refractivity contribution is 6.32. The number of phenolic OH excluding ortho intramolecular Hbond substituents is 1. The maximum absolute atomic E-state index is 12.7. The molecular formula is C20H22ClNO4. The van der Waals surface area contributed by atoms with Crippen LogP contribution in [0.15, 0.2) is 36.4 Å². The van der Waals surface area contributed by atoms with Crippen LogP contribution in [0.3, 0.4) is 0 Å². The summed E-state index contributed by atoms with van der Waals surface area (Å²) in [6.45, 7) is 0.410. The minimum absolute atomic E-state index is 0.0912. The third-order valence-corrected chi connectivity index (χ3v) is 4.15. The van der Waals surface area contributed by atoms with Gasteiger partial charge >= 0.3 is 0 Å². The fourth-order valence-electron chi connectivity index (χ4n) is 2.57. The molecule has 2 aromatic rings. The van der Waals surface area contributed by atoms with Gasteiger partial charge < -0.3 is 19.5 Å². The van der Waals surface area contributed by atoms with Crippen LogP contribution >= 0.6 is 11.6 Å².